The zero-order chi connectivity index (χ0) is 21.3. The molecule has 1 aliphatic heterocycles. The molecule has 1 saturated heterocycles. The molecule has 3 N–H and O–H groups in total. The summed E-state index contributed by atoms with van der Waals surface area (Å²) in [6.45, 7) is 1.67. The van der Waals surface area contributed by atoms with Gasteiger partial charge in [-0.2, -0.15) is 0 Å². The van der Waals surface area contributed by atoms with Crippen LogP contribution in [0.5, 0.6) is 0 Å². The van der Waals surface area contributed by atoms with E-state index in [-0.39, 0.29) is 24.3 Å². The second-order valence-electron chi connectivity index (χ2n) is 7.35. The van der Waals surface area contributed by atoms with E-state index < -0.39 is 0 Å². The Labute approximate surface area is 176 Å². The summed E-state index contributed by atoms with van der Waals surface area (Å²) in [5, 5.41) is 8.40. The van der Waals surface area contributed by atoms with E-state index in [0.717, 1.165) is 31.6 Å². The number of hydrogen-bond acceptors (Lipinski definition) is 4. The molecule has 3 rings (SSSR count). The van der Waals surface area contributed by atoms with E-state index in [1.807, 2.05) is 23.1 Å². The van der Waals surface area contributed by atoms with Crippen molar-refractivity contribution in [3.05, 3.63) is 59.7 Å². The SMILES string of the molecule is CNC(=O)c1ccc(NC(=O)CNc2cccc(C(=O)N3CCCCCC3)c2)cc1. The molecule has 0 spiro atoms. The Morgan fingerprint density at radius 1 is 0.867 bits per heavy atom. The second kappa shape index (κ2) is 10.4. The van der Waals surface area contributed by atoms with Crippen LogP contribution in [0, 0.1) is 0 Å². The first-order chi connectivity index (χ1) is 14.6. The highest BCUT2D eigenvalue weighted by Gasteiger charge is 2.17. The van der Waals surface area contributed by atoms with Crippen molar-refractivity contribution in [3.63, 3.8) is 0 Å². The third-order valence-corrected chi connectivity index (χ3v) is 5.11. The van der Waals surface area contributed by atoms with E-state index in [0.29, 0.717) is 16.8 Å². The van der Waals surface area contributed by atoms with Gasteiger partial charge in [-0.15, -0.1) is 0 Å². The topological polar surface area (TPSA) is 90.5 Å². The van der Waals surface area contributed by atoms with Crippen LogP contribution in [-0.2, 0) is 4.79 Å². The molecule has 7 heteroatoms. The van der Waals surface area contributed by atoms with Gasteiger partial charge in [0.1, 0.15) is 0 Å². The smallest absolute Gasteiger partial charge is 0.253 e. The molecule has 0 aromatic heterocycles. The molecule has 3 amide bonds. The molecule has 1 fully saturated rings. The number of carbonyl (C=O) groups is 3. The zero-order valence-electron chi connectivity index (χ0n) is 17.2. The molecule has 1 heterocycles. The van der Waals surface area contributed by atoms with E-state index in [9.17, 15) is 14.4 Å². The van der Waals surface area contributed by atoms with E-state index in [1.54, 1.807) is 37.4 Å². The van der Waals surface area contributed by atoms with E-state index in [1.165, 1.54) is 12.8 Å². The number of carbonyl (C=O) groups excluding carboxylic acids is 3. The van der Waals surface area contributed by atoms with Crippen molar-refractivity contribution >= 4 is 29.1 Å². The summed E-state index contributed by atoms with van der Waals surface area (Å²) in [6.07, 6.45) is 4.45. The van der Waals surface area contributed by atoms with Crippen LogP contribution in [0.1, 0.15) is 46.4 Å². The molecule has 0 bridgehead atoms. The molecule has 2 aromatic rings. The summed E-state index contributed by atoms with van der Waals surface area (Å²) in [6, 6.07) is 13.9. The Kier molecular flexibility index (Phi) is 7.43. The Bertz CT molecular complexity index is 888. The summed E-state index contributed by atoms with van der Waals surface area (Å²) in [4.78, 5) is 38.5. The van der Waals surface area contributed by atoms with Gasteiger partial charge in [0, 0.05) is 42.6 Å². The Hall–Kier alpha value is -3.35. The molecule has 0 unspecified atom stereocenters. The van der Waals surface area contributed by atoms with Crippen LogP contribution < -0.4 is 16.0 Å². The predicted octanol–water partition coefficient (Wildman–Crippen LogP) is 3.11. The van der Waals surface area contributed by atoms with Crippen LogP contribution in [-0.4, -0.2) is 49.3 Å². The fraction of sp³-hybridized carbons (Fsp3) is 0.348. The maximum absolute atomic E-state index is 12.8. The number of benzene rings is 2. The average molecular weight is 409 g/mol. The van der Waals surface area contributed by atoms with Crippen molar-refractivity contribution in [2.75, 3.05) is 37.3 Å². The first kappa shape index (κ1) is 21.4. The van der Waals surface area contributed by atoms with Gasteiger partial charge in [0.25, 0.3) is 11.8 Å². The number of anilines is 2. The standard InChI is InChI=1S/C23H28N4O3/c1-24-22(29)17-9-11-19(12-10-17)26-21(28)16-25-20-8-6-7-18(15-20)23(30)27-13-4-2-3-5-14-27/h6-12,15,25H,2-5,13-14,16H2,1H3,(H,24,29)(H,26,28). The minimum Gasteiger partial charge on any atom is -0.376 e. The fourth-order valence-electron chi connectivity index (χ4n) is 3.46. The quantitative estimate of drug-likeness (QED) is 0.685. The molecule has 7 nitrogen and oxygen atoms in total. The number of nitrogens with zero attached hydrogens (tertiary/aromatic N) is 1. The van der Waals surface area contributed by atoms with Gasteiger partial charge in [-0.1, -0.05) is 18.9 Å². The van der Waals surface area contributed by atoms with Crippen molar-refractivity contribution in [1.82, 2.24) is 10.2 Å². The first-order valence-electron chi connectivity index (χ1n) is 10.3. The summed E-state index contributed by atoms with van der Waals surface area (Å²) in [5.41, 5.74) is 2.49. The fourth-order valence-corrected chi connectivity index (χ4v) is 3.46. The summed E-state index contributed by atoms with van der Waals surface area (Å²) in [7, 11) is 1.57. The van der Waals surface area contributed by atoms with Crippen LogP contribution in [0.15, 0.2) is 48.5 Å². The third-order valence-electron chi connectivity index (χ3n) is 5.11. The third kappa shape index (κ3) is 5.83. The monoisotopic (exact) mass is 408 g/mol. The van der Waals surface area contributed by atoms with Crippen molar-refractivity contribution in [2.45, 2.75) is 25.7 Å². The largest absolute Gasteiger partial charge is 0.376 e. The van der Waals surface area contributed by atoms with Crippen LogP contribution in [0.2, 0.25) is 0 Å². The highest BCUT2D eigenvalue weighted by Crippen LogP contribution is 2.16. The highest BCUT2D eigenvalue weighted by atomic mass is 16.2. The number of nitrogens with one attached hydrogen (secondary N) is 3. The minimum absolute atomic E-state index is 0.0428. The van der Waals surface area contributed by atoms with Gasteiger partial charge in [0.2, 0.25) is 5.91 Å². The molecule has 0 atom stereocenters. The van der Waals surface area contributed by atoms with Crippen LogP contribution in [0.3, 0.4) is 0 Å². The van der Waals surface area contributed by atoms with Crippen LogP contribution in [0.4, 0.5) is 11.4 Å². The Morgan fingerprint density at radius 3 is 2.23 bits per heavy atom. The zero-order valence-corrected chi connectivity index (χ0v) is 17.2. The molecule has 2 aromatic carbocycles. The number of hydrogen-bond donors (Lipinski definition) is 3. The second-order valence-corrected chi connectivity index (χ2v) is 7.35. The molecule has 0 aliphatic carbocycles. The first-order valence-corrected chi connectivity index (χ1v) is 10.3. The van der Waals surface area contributed by atoms with E-state index in [4.69, 9.17) is 0 Å². The minimum atomic E-state index is -0.216. The maximum Gasteiger partial charge on any atom is 0.253 e. The lowest BCUT2D eigenvalue weighted by Crippen LogP contribution is -2.31. The summed E-state index contributed by atoms with van der Waals surface area (Å²) < 4.78 is 0. The van der Waals surface area contributed by atoms with Gasteiger partial charge < -0.3 is 20.9 Å². The van der Waals surface area contributed by atoms with Crippen LogP contribution >= 0.6 is 0 Å². The maximum atomic E-state index is 12.8. The molecule has 158 valence electrons. The van der Waals surface area contributed by atoms with Crippen molar-refractivity contribution in [2.24, 2.45) is 0 Å². The number of amides is 3. The normalized spacial score (nSPS) is 13.8. The lowest BCUT2D eigenvalue weighted by molar-refractivity contribution is -0.114. The van der Waals surface area contributed by atoms with Gasteiger partial charge in [-0.3, -0.25) is 14.4 Å². The lowest BCUT2D eigenvalue weighted by atomic mass is 10.1. The Morgan fingerprint density at radius 2 is 1.57 bits per heavy atom. The number of likely N-dealkylation sites (tertiary alicyclic amines) is 1. The van der Waals surface area contributed by atoms with Crippen LogP contribution in [0.25, 0.3) is 0 Å². The highest BCUT2D eigenvalue weighted by molar-refractivity contribution is 5.97. The number of rotatable bonds is 6. The molecule has 0 radical (unpaired) electrons. The van der Waals surface area contributed by atoms with Gasteiger partial charge in [-0.25, -0.2) is 0 Å². The van der Waals surface area contributed by atoms with E-state index in [2.05, 4.69) is 16.0 Å². The summed E-state index contributed by atoms with van der Waals surface area (Å²) >= 11 is 0. The molecule has 0 saturated carbocycles. The van der Waals surface area contributed by atoms with Gasteiger partial charge >= 0.3 is 0 Å². The molecule has 1 aliphatic rings. The molecular formula is C23H28N4O3. The average Bonchev–Trinajstić information content (AvgIpc) is 3.07. The molecule has 30 heavy (non-hydrogen) atoms. The van der Waals surface area contributed by atoms with Gasteiger partial charge in [0.15, 0.2) is 0 Å². The van der Waals surface area contributed by atoms with Crippen molar-refractivity contribution in [3.8, 4) is 0 Å². The summed E-state index contributed by atoms with van der Waals surface area (Å²) in [5.74, 6) is -0.350. The van der Waals surface area contributed by atoms with Gasteiger partial charge in [-0.05, 0) is 55.3 Å². The van der Waals surface area contributed by atoms with Gasteiger partial charge in [0.05, 0.1) is 6.54 Å². The lowest BCUT2D eigenvalue weighted by Gasteiger charge is -2.20. The van der Waals surface area contributed by atoms with Crippen molar-refractivity contribution < 1.29 is 14.4 Å². The van der Waals surface area contributed by atoms with E-state index >= 15 is 0 Å². The molecular weight excluding hydrogens is 380 g/mol. The predicted molar refractivity (Wildman–Crippen MR) is 118 cm³/mol. The van der Waals surface area contributed by atoms with Crippen molar-refractivity contribution in [1.29, 1.82) is 0 Å². The Balaban J connectivity index is 1.54.